The van der Waals surface area contributed by atoms with Crippen molar-refractivity contribution in [3.05, 3.63) is 62.5 Å². The van der Waals surface area contributed by atoms with Gasteiger partial charge in [0, 0.05) is 27.6 Å². The van der Waals surface area contributed by atoms with Crippen molar-refractivity contribution < 1.29 is 18.0 Å². The van der Waals surface area contributed by atoms with Crippen molar-refractivity contribution in [2.45, 2.75) is 45.7 Å². The lowest BCUT2D eigenvalue weighted by Gasteiger charge is -2.33. The maximum atomic E-state index is 13.7. The number of benzene rings is 2. The molecule has 0 aliphatic heterocycles. The molecular weight excluding hydrogens is 577 g/mol. The van der Waals surface area contributed by atoms with Crippen molar-refractivity contribution in [3.63, 3.8) is 0 Å². The molecule has 11 heteroatoms. The highest BCUT2D eigenvalue weighted by molar-refractivity contribution is 9.10. The summed E-state index contributed by atoms with van der Waals surface area (Å²) in [5, 5.41) is 3.67. The number of halogens is 3. The molecule has 0 radical (unpaired) electrons. The highest BCUT2D eigenvalue weighted by Gasteiger charge is 2.32. The fourth-order valence-electron chi connectivity index (χ4n) is 3.51. The highest BCUT2D eigenvalue weighted by Crippen LogP contribution is 2.29. The van der Waals surface area contributed by atoms with Gasteiger partial charge in [0.15, 0.2) is 0 Å². The molecule has 0 saturated heterocycles. The van der Waals surface area contributed by atoms with E-state index in [9.17, 15) is 18.0 Å². The summed E-state index contributed by atoms with van der Waals surface area (Å²) in [5.41, 5.74) is 0.921. The molecule has 0 heterocycles. The summed E-state index contributed by atoms with van der Waals surface area (Å²) in [7, 11) is -3.81. The van der Waals surface area contributed by atoms with E-state index in [1.165, 1.54) is 4.90 Å². The van der Waals surface area contributed by atoms with Crippen LogP contribution in [0.3, 0.4) is 0 Å². The van der Waals surface area contributed by atoms with Gasteiger partial charge < -0.3 is 10.2 Å². The van der Waals surface area contributed by atoms with Gasteiger partial charge in [0.05, 0.1) is 11.9 Å². The smallest absolute Gasteiger partial charge is 0.244 e. The van der Waals surface area contributed by atoms with E-state index in [1.807, 2.05) is 6.92 Å². The van der Waals surface area contributed by atoms with E-state index in [0.29, 0.717) is 38.7 Å². The molecule has 0 spiro atoms. The zero-order valence-corrected chi connectivity index (χ0v) is 23.8. The second-order valence-corrected chi connectivity index (χ2v) is 11.7. The molecule has 0 aliphatic carbocycles. The van der Waals surface area contributed by atoms with Gasteiger partial charge in [-0.1, -0.05) is 61.7 Å². The molecule has 35 heavy (non-hydrogen) atoms. The van der Waals surface area contributed by atoms with Crippen molar-refractivity contribution in [1.82, 2.24) is 10.2 Å². The molecule has 2 aromatic carbocycles. The number of carbonyl (C=O) groups excluding carboxylic acids is 2. The molecule has 7 nitrogen and oxygen atoms in total. The van der Waals surface area contributed by atoms with Gasteiger partial charge in [-0.15, -0.1) is 0 Å². The molecule has 1 atom stereocenters. The number of amides is 2. The zero-order valence-electron chi connectivity index (χ0n) is 19.9. The Morgan fingerprint density at radius 2 is 1.80 bits per heavy atom. The van der Waals surface area contributed by atoms with Crippen molar-refractivity contribution >= 4 is 66.7 Å². The largest absolute Gasteiger partial charge is 0.354 e. The number of sulfonamides is 1. The van der Waals surface area contributed by atoms with E-state index >= 15 is 0 Å². The number of rotatable bonds is 12. The molecule has 192 valence electrons. The van der Waals surface area contributed by atoms with Crippen LogP contribution in [0, 0.1) is 0 Å². The van der Waals surface area contributed by atoms with Gasteiger partial charge >= 0.3 is 0 Å². The number of nitrogens with one attached hydrogen (secondary N) is 1. The number of carbonyl (C=O) groups is 2. The van der Waals surface area contributed by atoms with E-state index in [4.69, 9.17) is 23.2 Å². The third-order valence-electron chi connectivity index (χ3n) is 5.37. The molecule has 0 aliphatic rings. The Morgan fingerprint density at radius 1 is 1.11 bits per heavy atom. The van der Waals surface area contributed by atoms with Crippen LogP contribution in [0.4, 0.5) is 5.69 Å². The van der Waals surface area contributed by atoms with Crippen molar-refractivity contribution in [2.75, 3.05) is 23.7 Å². The molecule has 2 aromatic rings. The Balaban J connectivity index is 2.45. The second-order valence-electron chi connectivity index (χ2n) is 8.05. The Bertz CT molecular complexity index is 1150. The molecule has 1 N–H and O–H groups in total. The Hall–Kier alpha value is -1.81. The first-order valence-corrected chi connectivity index (χ1v) is 14.6. The zero-order chi connectivity index (χ0) is 26.2. The molecule has 2 amide bonds. The maximum absolute atomic E-state index is 13.7. The average Bonchev–Trinajstić information content (AvgIpc) is 2.78. The second kappa shape index (κ2) is 13.5. The van der Waals surface area contributed by atoms with Gasteiger partial charge in [0.25, 0.3) is 0 Å². The number of hydrogen-bond acceptors (Lipinski definition) is 4. The third-order valence-corrected chi connectivity index (χ3v) is 7.76. The predicted molar refractivity (Wildman–Crippen MR) is 145 cm³/mol. The molecule has 2 rings (SSSR count). The van der Waals surface area contributed by atoms with Crippen LogP contribution in [0.2, 0.25) is 10.0 Å². The quantitative estimate of drug-likeness (QED) is 0.335. The molecule has 0 bridgehead atoms. The molecular formula is C24H30BrCl2N3O4S. The van der Waals surface area contributed by atoms with Gasteiger partial charge in [-0.05, 0) is 58.6 Å². The summed E-state index contributed by atoms with van der Waals surface area (Å²) in [4.78, 5) is 28.1. The number of unbranched alkanes of at least 4 members (excludes halogenated alkanes) is 1. The fraction of sp³-hybridized carbons (Fsp3) is 0.417. The number of anilines is 1. The first-order valence-electron chi connectivity index (χ1n) is 11.2. The van der Waals surface area contributed by atoms with E-state index in [0.717, 1.165) is 23.4 Å². The molecule has 0 unspecified atom stereocenters. The topological polar surface area (TPSA) is 86.8 Å². The highest BCUT2D eigenvalue weighted by atomic mass is 79.9. The minimum atomic E-state index is -3.81. The Labute approximate surface area is 225 Å². The lowest BCUT2D eigenvalue weighted by molar-refractivity contribution is -0.140. The number of nitrogens with zero attached hydrogens (tertiary/aromatic N) is 2. The number of hydrogen-bond donors (Lipinski definition) is 1. The van der Waals surface area contributed by atoms with Gasteiger partial charge in [-0.25, -0.2) is 8.42 Å². The molecule has 0 saturated carbocycles. The van der Waals surface area contributed by atoms with Crippen LogP contribution in [0.25, 0.3) is 0 Å². The van der Waals surface area contributed by atoms with Crippen LogP contribution >= 0.6 is 39.1 Å². The van der Waals surface area contributed by atoms with Crippen LogP contribution < -0.4 is 9.62 Å². The SMILES string of the molecule is CCCCNC(=O)[C@@H](CC)N(Cc1ccc(Cl)cc1Cl)C(=O)CN(c1ccccc1Br)S(C)(=O)=O. The lowest BCUT2D eigenvalue weighted by atomic mass is 10.1. The first-order chi connectivity index (χ1) is 16.5. The maximum Gasteiger partial charge on any atom is 0.244 e. The summed E-state index contributed by atoms with van der Waals surface area (Å²) in [5.74, 6) is -0.833. The first kappa shape index (κ1) is 29.4. The normalized spacial score (nSPS) is 12.2. The van der Waals surface area contributed by atoms with Gasteiger partial charge in [0.2, 0.25) is 21.8 Å². The van der Waals surface area contributed by atoms with Crippen LogP contribution in [0.5, 0.6) is 0 Å². The molecule has 0 fully saturated rings. The summed E-state index contributed by atoms with van der Waals surface area (Å²) in [6.07, 6.45) is 3.09. The molecule has 0 aromatic heterocycles. The van der Waals surface area contributed by atoms with E-state index in [2.05, 4.69) is 21.2 Å². The fourth-order valence-corrected chi connectivity index (χ4v) is 5.45. The minimum absolute atomic E-state index is 0.0160. The van der Waals surface area contributed by atoms with Crippen LogP contribution in [-0.2, 0) is 26.2 Å². The van der Waals surface area contributed by atoms with Gasteiger partial charge in [-0.3, -0.25) is 13.9 Å². The van der Waals surface area contributed by atoms with Crippen molar-refractivity contribution in [1.29, 1.82) is 0 Å². The van der Waals surface area contributed by atoms with Gasteiger partial charge in [-0.2, -0.15) is 0 Å². The van der Waals surface area contributed by atoms with Crippen molar-refractivity contribution in [2.24, 2.45) is 0 Å². The van der Waals surface area contributed by atoms with Crippen molar-refractivity contribution in [3.8, 4) is 0 Å². The number of para-hydroxylation sites is 1. The average molecular weight is 607 g/mol. The van der Waals surface area contributed by atoms with E-state index in [-0.39, 0.29) is 12.5 Å². The minimum Gasteiger partial charge on any atom is -0.354 e. The third kappa shape index (κ3) is 8.37. The lowest BCUT2D eigenvalue weighted by Crippen LogP contribution is -2.52. The monoisotopic (exact) mass is 605 g/mol. The van der Waals surface area contributed by atoms with Crippen LogP contribution in [0.15, 0.2) is 46.9 Å². The van der Waals surface area contributed by atoms with Gasteiger partial charge in [0.1, 0.15) is 12.6 Å². The summed E-state index contributed by atoms with van der Waals surface area (Å²) >= 11 is 15.8. The van der Waals surface area contributed by atoms with E-state index in [1.54, 1.807) is 49.4 Å². The van der Waals surface area contributed by atoms with E-state index < -0.39 is 28.5 Å². The summed E-state index contributed by atoms with van der Waals surface area (Å²) in [6.45, 7) is 3.84. The standard InChI is InChI=1S/C24H30BrCl2N3O4S/c1-4-6-13-28-24(32)21(5-2)29(15-17-11-12-18(26)14-20(17)27)23(31)16-30(35(3,33)34)22-10-8-7-9-19(22)25/h7-12,14,21H,4-6,13,15-16H2,1-3H3,(H,28,32)/t21-/m1/s1. The van der Waals surface area contributed by atoms with Crippen LogP contribution in [-0.4, -0.2) is 50.5 Å². The van der Waals surface area contributed by atoms with Crippen LogP contribution in [0.1, 0.15) is 38.7 Å². The Morgan fingerprint density at radius 3 is 2.37 bits per heavy atom. The summed E-state index contributed by atoms with van der Waals surface area (Å²) in [6, 6.07) is 10.8. The predicted octanol–water partition coefficient (Wildman–Crippen LogP) is 5.25. The summed E-state index contributed by atoms with van der Waals surface area (Å²) < 4.78 is 26.9. The Kier molecular flexibility index (Phi) is 11.3.